The lowest BCUT2D eigenvalue weighted by Crippen LogP contribution is -2.24. The average Bonchev–Trinajstić information content (AvgIpc) is 3.13. The number of hydroxylamine groups is 2. The SMILES string of the molecule is COc1c2c(cc3c1OCO3)C1=CC(OC)CC=C1CCN(O)CCC2. The highest BCUT2D eigenvalue weighted by molar-refractivity contribution is 5.85. The first-order chi connectivity index (χ1) is 12.7. The first kappa shape index (κ1) is 17.4. The minimum atomic E-state index is 0.0474. The van der Waals surface area contributed by atoms with Crippen molar-refractivity contribution in [3.8, 4) is 17.2 Å². The summed E-state index contributed by atoms with van der Waals surface area (Å²) >= 11 is 0. The Morgan fingerprint density at radius 3 is 2.88 bits per heavy atom. The van der Waals surface area contributed by atoms with Crippen LogP contribution in [0.4, 0.5) is 0 Å². The zero-order valence-corrected chi connectivity index (χ0v) is 15.3. The number of nitrogens with zero attached hydrogens (tertiary/aromatic N) is 1. The van der Waals surface area contributed by atoms with E-state index in [1.54, 1.807) is 14.2 Å². The molecule has 6 heteroatoms. The molecular weight excluding hydrogens is 334 g/mol. The first-order valence-corrected chi connectivity index (χ1v) is 9.09. The molecule has 1 N–H and O–H groups in total. The second-order valence-electron chi connectivity index (χ2n) is 6.80. The van der Waals surface area contributed by atoms with Crippen molar-refractivity contribution in [2.75, 3.05) is 34.1 Å². The normalized spacial score (nSPS) is 22.8. The number of rotatable bonds is 2. The van der Waals surface area contributed by atoms with Crippen molar-refractivity contribution in [3.63, 3.8) is 0 Å². The molecule has 1 aliphatic carbocycles. The maximum absolute atomic E-state index is 10.1. The standard InChI is InChI=1S/C20H25NO5/c1-23-14-6-5-13-7-9-21(22)8-3-4-15-17(16(13)10-14)11-18-20(19(15)24-2)26-12-25-18/h5,10-11,14,22H,3-4,6-9,12H2,1-2H3. The van der Waals surface area contributed by atoms with Crippen molar-refractivity contribution < 1.29 is 24.2 Å². The van der Waals surface area contributed by atoms with E-state index in [-0.39, 0.29) is 12.9 Å². The molecule has 1 aromatic rings. The molecule has 1 atom stereocenters. The fraction of sp³-hybridized carbons (Fsp3) is 0.500. The number of benzene rings is 1. The van der Waals surface area contributed by atoms with E-state index in [0.717, 1.165) is 53.9 Å². The van der Waals surface area contributed by atoms with Crippen LogP contribution in [0.1, 0.15) is 30.4 Å². The Balaban J connectivity index is 1.89. The average molecular weight is 359 g/mol. The lowest BCUT2D eigenvalue weighted by atomic mass is 9.84. The third kappa shape index (κ3) is 3.09. The van der Waals surface area contributed by atoms with E-state index < -0.39 is 0 Å². The Hall–Kier alpha value is -2.02. The number of hydrogen-bond donors (Lipinski definition) is 1. The Kier molecular flexibility index (Phi) is 4.89. The van der Waals surface area contributed by atoms with Gasteiger partial charge in [-0.15, -0.1) is 0 Å². The van der Waals surface area contributed by atoms with E-state index in [4.69, 9.17) is 18.9 Å². The molecule has 0 aromatic heterocycles. The minimum absolute atomic E-state index is 0.0474. The van der Waals surface area contributed by atoms with Gasteiger partial charge >= 0.3 is 0 Å². The summed E-state index contributed by atoms with van der Waals surface area (Å²) in [6.45, 7) is 1.46. The zero-order chi connectivity index (χ0) is 18.1. The van der Waals surface area contributed by atoms with Crippen LogP contribution in [0.3, 0.4) is 0 Å². The number of ether oxygens (including phenoxy) is 4. The Morgan fingerprint density at radius 1 is 1.19 bits per heavy atom. The van der Waals surface area contributed by atoms with E-state index in [2.05, 4.69) is 18.2 Å². The van der Waals surface area contributed by atoms with Crippen LogP contribution < -0.4 is 14.2 Å². The molecule has 1 unspecified atom stereocenters. The number of fused-ring (bicyclic) bond motifs is 4. The van der Waals surface area contributed by atoms with Gasteiger partial charge in [0.2, 0.25) is 12.5 Å². The molecule has 6 nitrogen and oxygen atoms in total. The van der Waals surface area contributed by atoms with Crippen molar-refractivity contribution in [2.24, 2.45) is 0 Å². The third-order valence-corrected chi connectivity index (χ3v) is 5.30. The van der Waals surface area contributed by atoms with E-state index >= 15 is 0 Å². The van der Waals surface area contributed by atoms with Crippen LogP contribution in [0.5, 0.6) is 17.2 Å². The summed E-state index contributed by atoms with van der Waals surface area (Å²) < 4.78 is 22.6. The van der Waals surface area contributed by atoms with Crippen LogP contribution in [0.2, 0.25) is 0 Å². The number of allylic oxidation sites excluding steroid dienone is 1. The van der Waals surface area contributed by atoms with Crippen molar-refractivity contribution >= 4 is 5.57 Å². The lowest BCUT2D eigenvalue weighted by molar-refractivity contribution is -0.0900. The van der Waals surface area contributed by atoms with Gasteiger partial charge in [0.15, 0.2) is 11.5 Å². The van der Waals surface area contributed by atoms with Gasteiger partial charge in [-0.05, 0) is 54.5 Å². The van der Waals surface area contributed by atoms with Gasteiger partial charge < -0.3 is 24.2 Å². The largest absolute Gasteiger partial charge is 0.492 e. The molecule has 0 bridgehead atoms. The second kappa shape index (κ2) is 7.31. The van der Waals surface area contributed by atoms with Crippen molar-refractivity contribution in [1.29, 1.82) is 0 Å². The number of methoxy groups -OCH3 is 2. The van der Waals surface area contributed by atoms with Gasteiger partial charge in [-0.25, -0.2) is 0 Å². The van der Waals surface area contributed by atoms with Gasteiger partial charge in [0.1, 0.15) is 0 Å². The number of hydrogen-bond acceptors (Lipinski definition) is 6. The summed E-state index contributed by atoms with van der Waals surface area (Å²) in [5.74, 6) is 2.13. The molecule has 1 aromatic carbocycles. The van der Waals surface area contributed by atoms with Gasteiger partial charge in [-0.2, -0.15) is 5.06 Å². The predicted molar refractivity (Wildman–Crippen MR) is 96.9 cm³/mol. The highest BCUT2D eigenvalue weighted by Gasteiger charge is 2.29. The maximum atomic E-state index is 10.1. The van der Waals surface area contributed by atoms with Crippen molar-refractivity contribution in [1.82, 2.24) is 5.06 Å². The topological polar surface area (TPSA) is 60.4 Å². The minimum Gasteiger partial charge on any atom is -0.492 e. The van der Waals surface area contributed by atoms with Crippen LogP contribution in [0.25, 0.3) is 5.57 Å². The monoisotopic (exact) mass is 359 g/mol. The Labute approximate surface area is 153 Å². The molecule has 0 saturated carbocycles. The van der Waals surface area contributed by atoms with Gasteiger partial charge in [0, 0.05) is 25.8 Å². The third-order valence-electron chi connectivity index (χ3n) is 5.30. The molecule has 26 heavy (non-hydrogen) atoms. The van der Waals surface area contributed by atoms with Crippen molar-refractivity contribution in [3.05, 3.63) is 34.9 Å². The first-order valence-electron chi connectivity index (χ1n) is 9.09. The molecule has 0 radical (unpaired) electrons. The molecular formula is C20H25NO5. The van der Waals surface area contributed by atoms with Crippen LogP contribution in [0.15, 0.2) is 23.8 Å². The molecule has 2 heterocycles. The van der Waals surface area contributed by atoms with Crippen LogP contribution in [-0.2, 0) is 11.2 Å². The lowest BCUT2D eigenvalue weighted by Gasteiger charge is -2.27. The fourth-order valence-corrected chi connectivity index (χ4v) is 3.95. The van der Waals surface area contributed by atoms with Crippen LogP contribution in [0, 0.1) is 0 Å². The van der Waals surface area contributed by atoms with Gasteiger partial charge in [0.25, 0.3) is 0 Å². The predicted octanol–water partition coefficient (Wildman–Crippen LogP) is 3.18. The summed E-state index contributed by atoms with van der Waals surface area (Å²) in [6, 6.07) is 2.07. The second-order valence-corrected chi connectivity index (χ2v) is 6.80. The molecule has 0 fully saturated rings. The molecule has 4 rings (SSSR count). The van der Waals surface area contributed by atoms with E-state index in [1.165, 1.54) is 10.6 Å². The summed E-state index contributed by atoms with van der Waals surface area (Å²) in [5.41, 5.74) is 4.58. The quantitative estimate of drug-likeness (QED) is 0.875. The summed E-state index contributed by atoms with van der Waals surface area (Å²) in [4.78, 5) is 0. The van der Waals surface area contributed by atoms with Crippen molar-refractivity contribution in [2.45, 2.75) is 31.8 Å². The van der Waals surface area contributed by atoms with E-state index in [1.807, 2.05) is 0 Å². The molecule has 0 saturated heterocycles. The highest BCUT2D eigenvalue weighted by atomic mass is 16.7. The van der Waals surface area contributed by atoms with E-state index in [0.29, 0.717) is 18.8 Å². The molecule has 140 valence electrons. The van der Waals surface area contributed by atoms with Gasteiger partial charge in [-0.1, -0.05) is 6.08 Å². The fourth-order valence-electron chi connectivity index (χ4n) is 3.95. The summed E-state index contributed by atoms with van der Waals surface area (Å²) in [7, 11) is 3.40. The molecule has 2 aliphatic heterocycles. The van der Waals surface area contributed by atoms with Crippen LogP contribution in [-0.4, -0.2) is 50.5 Å². The molecule has 0 amide bonds. The highest BCUT2D eigenvalue weighted by Crippen LogP contribution is 2.48. The summed E-state index contributed by atoms with van der Waals surface area (Å²) in [6.07, 6.45) is 7.70. The Bertz CT molecular complexity index is 755. The van der Waals surface area contributed by atoms with E-state index in [9.17, 15) is 5.21 Å². The van der Waals surface area contributed by atoms with Gasteiger partial charge in [0.05, 0.1) is 13.2 Å². The molecule has 3 aliphatic rings. The zero-order valence-electron chi connectivity index (χ0n) is 15.3. The smallest absolute Gasteiger partial charge is 0.231 e. The maximum Gasteiger partial charge on any atom is 0.231 e. The molecule has 0 spiro atoms. The Morgan fingerprint density at radius 2 is 2.08 bits per heavy atom. The summed E-state index contributed by atoms with van der Waals surface area (Å²) in [5, 5.41) is 11.5. The van der Waals surface area contributed by atoms with Gasteiger partial charge in [-0.3, -0.25) is 0 Å². The van der Waals surface area contributed by atoms with Crippen LogP contribution >= 0.6 is 0 Å².